The zero-order valence-corrected chi connectivity index (χ0v) is 12.9. The van der Waals surface area contributed by atoms with E-state index in [2.05, 4.69) is 38.9 Å². The lowest BCUT2D eigenvalue weighted by Crippen LogP contribution is -2.19. The molecule has 0 saturated heterocycles. The van der Waals surface area contributed by atoms with Crippen LogP contribution in [0.2, 0.25) is 0 Å². The van der Waals surface area contributed by atoms with Crippen molar-refractivity contribution in [1.29, 1.82) is 0 Å². The van der Waals surface area contributed by atoms with Crippen LogP contribution in [-0.2, 0) is 0 Å². The number of benzene rings is 2. The van der Waals surface area contributed by atoms with Crippen LogP contribution in [0.15, 0.2) is 59.8 Å². The third-order valence-corrected chi connectivity index (χ3v) is 3.53. The summed E-state index contributed by atoms with van der Waals surface area (Å²) in [5.74, 6) is -0.303. The van der Waals surface area contributed by atoms with Gasteiger partial charge in [-0.3, -0.25) is 4.79 Å². The van der Waals surface area contributed by atoms with E-state index in [1.54, 1.807) is 13.0 Å². The maximum Gasteiger partial charge on any atom is 0.273 e. The zero-order valence-electron chi connectivity index (χ0n) is 12.9. The molecule has 1 N–H and O–H groups in total. The molecule has 3 aromatic rings. The lowest BCUT2D eigenvalue weighted by atomic mass is 10.0. The molecule has 0 radical (unpaired) electrons. The second-order valence-electron chi connectivity index (χ2n) is 5.29. The maximum atomic E-state index is 12.1. The molecule has 0 aliphatic heterocycles. The molecule has 0 aliphatic rings. The molecule has 0 unspecified atom stereocenters. The van der Waals surface area contributed by atoms with Crippen molar-refractivity contribution in [2.75, 3.05) is 0 Å². The number of hydrazone groups is 1. The molecule has 23 heavy (non-hydrogen) atoms. The first-order valence-electron chi connectivity index (χ1n) is 7.26. The van der Waals surface area contributed by atoms with Gasteiger partial charge in [0.15, 0.2) is 0 Å². The van der Waals surface area contributed by atoms with Gasteiger partial charge in [0.1, 0.15) is 0 Å². The Morgan fingerprint density at radius 1 is 1.04 bits per heavy atom. The van der Waals surface area contributed by atoms with Crippen LogP contribution >= 0.6 is 0 Å². The predicted molar refractivity (Wildman–Crippen MR) is 90.4 cm³/mol. The number of hydrogen-bond donors (Lipinski definition) is 1. The summed E-state index contributed by atoms with van der Waals surface area (Å²) in [5.41, 5.74) is 5.38. The molecule has 5 nitrogen and oxygen atoms in total. The highest BCUT2D eigenvalue weighted by atomic mass is 16.2. The van der Waals surface area contributed by atoms with Gasteiger partial charge in [-0.15, -0.1) is 0 Å². The molecule has 0 bridgehead atoms. The normalized spacial score (nSPS) is 11.5. The Bertz CT molecular complexity index is 902. The van der Waals surface area contributed by atoms with Crippen LogP contribution in [0.1, 0.15) is 28.5 Å². The number of carbonyl (C=O) groups excluding carboxylic acids is 1. The topological polar surface area (TPSA) is 67.2 Å². The van der Waals surface area contributed by atoms with Crippen molar-refractivity contribution >= 4 is 22.4 Å². The number of carbonyl (C=O) groups is 1. The summed E-state index contributed by atoms with van der Waals surface area (Å²) >= 11 is 0. The van der Waals surface area contributed by atoms with E-state index >= 15 is 0 Å². The van der Waals surface area contributed by atoms with Crippen molar-refractivity contribution < 1.29 is 4.79 Å². The monoisotopic (exact) mass is 304 g/mol. The average molecular weight is 304 g/mol. The van der Waals surface area contributed by atoms with E-state index in [1.165, 1.54) is 11.6 Å². The Morgan fingerprint density at radius 3 is 2.61 bits per heavy atom. The number of rotatable bonds is 3. The van der Waals surface area contributed by atoms with E-state index in [0.29, 0.717) is 11.3 Å². The van der Waals surface area contributed by atoms with Crippen molar-refractivity contribution in [1.82, 2.24) is 15.6 Å². The lowest BCUT2D eigenvalue weighted by molar-refractivity contribution is 0.0954. The first kappa shape index (κ1) is 14.8. The molecule has 2 aromatic carbocycles. The number of aryl methyl sites for hydroxylation is 1. The summed E-state index contributed by atoms with van der Waals surface area (Å²) in [4.78, 5) is 12.1. The fourth-order valence-electron chi connectivity index (χ4n) is 2.28. The molecule has 1 amide bonds. The van der Waals surface area contributed by atoms with Gasteiger partial charge in [-0.2, -0.15) is 15.3 Å². The van der Waals surface area contributed by atoms with Gasteiger partial charge in [0.2, 0.25) is 0 Å². The fraction of sp³-hybridized carbons (Fsp3) is 0.111. The van der Waals surface area contributed by atoms with E-state index in [1.807, 2.05) is 31.2 Å². The quantitative estimate of drug-likeness (QED) is 0.597. The molecule has 5 heteroatoms. The van der Waals surface area contributed by atoms with Gasteiger partial charge >= 0.3 is 0 Å². The molecular formula is C18H16N4O. The van der Waals surface area contributed by atoms with Crippen LogP contribution in [-0.4, -0.2) is 21.8 Å². The van der Waals surface area contributed by atoms with E-state index in [9.17, 15) is 4.79 Å². The highest BCUT2D eigenvalue weighted by molar-refractivity contribution is 6.03. The summed E-state index contributed by atoms with van der Waals surface area (Å²) in [7, 11) is 0. The third kappa shape index (κ3) is 3.40. The van der Waals surface area contributed by atoms with Crippen LogP contribution in [0, 0.1) is 6.92 Å². The maximum absolute atomic E-state index is 12.1. The molecule has 114 valence electrons. The van der Waals surface area contributed by atoms with Crippen LogP contribution in [0.25, 0.3) is 10.8 Å². The van der Waals surface area contributed by atoms with Crippen molar-refractivity contribution in [3.05, 3.63) is 71.5 Å². The van der Waals surface area contributed by atoms with Crippen molar-refractivity contribution in [3.63, 3.8) is 0 Å². The lowest BCUT2D eigenvalue weighted by Gasteiger charge is -2.05. The minimum atomic E-state index is -0.303. The second kappa shape index (κ2) is 6.36. The summed E-state index contributed by atoms with van der Waals surface area (Å²) < 4.78 is 0. The average Bonchev–Trinajstić information content (AvgIpc) is 2.59. The van der Waals surface area contributed by atoms with Crippen molar-refractivity contribution in [2.45, 2.75) is 13.8 Å². The summed E-state index contributed by atoms with van der Waals surface area (Å²) in [6, 6.07) is 15.9. The summed E-state index contributed by atoms with van der Waals surface area (Å²) in [5, 5.41) is 14.1. The van der Waals surface area contributed by atoms with E-state index < -0.39 is 0 Å². The largest absolute Gasteiger partial charge is 0.273 e. The summed E-state index contributed by atoms with van der Waals surface area (Å²) in [6.45, 7) is 3.65. The van der Waals surface area contributed by atoms with Gasteiger partial charge < -0.3 is 0 Å². The van der Waals surface area contributed by atoms with Gasteiger partial charge in [-0.25, -0.2) is 5.43 Å². The van der Waals surface area contributed by atoms with Gasteiger partial charge in [0, 0.05) is 0 Å². The highest BCUT2D eigenvalue weighted by Gasteiger charge is 2.06. The van der Waals surface area contributed by atoms with E-state index in [-0.39, 0.29) is 5.91 Å². The van der Waals surface area contributed by atoms with Crippen molar-refractivity contribution in [2.24, 2.45) is 5.10 Å². The fourth-order valence-corrected chi connectivity index (χ4v) is 2.28. The molecule has 0 aliphatic carbocycles. The Balaban J connectivity index is 1.79. The predicted octanol–water partition coefficient (Wildman–Crippen LogP) is 3.09. The van der Waals surface area contributed by atoms with Crippen LogP contribution in [0.5, 0.6) is 0 Å². The third-order valence-electron chi connectivity index (χ3n) is 3.53. The van der Waals surface area contributed by atoms with Crippen LogP contribution < -0.4 is 5.43 Å². The van der Waals surface area contributed by atoms with Crippen molar-refractivity contribution in [3.8, 4) is 0 Å². The number of nitrogens with zero attached hydrogens (tertiary/aromatic N) is 3. The van der Waals surface area contributed by atoms with Gasteiger partial charge in [0.25, 0.3) is 5.91 Å². The molecule has 1 heterocycles. The molecule has 0 spiro atoms. The summed E-state index contributed by atoms with van der Waals surface area (Å²) in [6.07, 6.45) is 1.42. The van der Waals surface area contributed by atoms with Crippen LogP contribution in [0.3, 0.4) is 0 Å². The molecule has 0 saturated carbocycles. The number of aromatic nitrogens is 2. The Kier molecular flexibility index (Phi) is 4.10. The minimum absolute atomic E-state index is 0.303. The highest BCUT2D eigenvalue weighted by Crippen LogP contribution is 2.16. The Labute approximate surface area is 134 Å². The molecule has 3 rings (SSSR count). The van der Waals surface area contributed by atoms with E-state index in [0.717, 1.165) is 16.7 Å². The first-order chi connectivity index (χ1) is 11.1. The van der Waals surface area contributed by atoms with Gasteiger partial charge in [-0.05, 0) is 42.3 Å². The molecule has 1 aromatic heterocycles. The zero-order chi connectivity index (χ0) is 16.2. The second-order valence-corrected chi connectivity index (χ2v) is 5.29. The first-order valence-corrected chi connectivity index (χ1v) is 7.26. The Hall–Kier alpha value is -3.08. The van der Waals surface area contributed by atoms with Gasteiger partial charge in [0.05, 0.1) is 23.2 Å². The van der Waals surface area contributed by atoms with Crippen LogP contribution in [0.4, 0.5) is 0 Å². The number of fused-ring (bicyclic) bond motifs is 1. The number of nitrogens with one attached hydrogen (secondary N) is 1. The SMILES string of the molecule is C/C(=N\NC(=O)c1cnnc(C)c1)c1ccc2ccccc2c1. The number of amides is 1. The number of hydrogen-bond acceptors (Lipinski definition) is 4. The Morgan fingerprint density at radius 2 is 1.83 bits per heavy atom. The van der Waals surface area contributed by atoms with E-state index in [4.69, 9.17) is 0 Å². The standard InChI is InChI=1S/C18H16N4O/c1-12-9-17(11-19-20-12)18(23)22-21-13(2)15-8-7-14-5-3-4-6-16(14)10-15/h3-11H,1-2H3,(H,22,23)/b21-13+. The molecular weight excluding hydrogens is 288 g/mol. The molecule has 0 atom stereocenters. The van der Waals surface area contributed by atoms with Gasteiger partial charge in [-0.1, -0.05) is 36.4 Å². The molecule has 0 fully saturated rings. The smallest absolute Gasteiger partial charge is 0.267 e. The minimum Gasteiger partial charge on any atom is -0.267 e.